The van der Waals surface area contributed by atoms with E-state index in [0.717, 1.165) is 11.0 Å². The minimum Gasteiger partial charge on any atom is -0.386 e. The van der Waals surface area contributed by atoms with Crippen LogP contribution in [0.25, 0.3) is 43.4 Å². The molecule has 1 radical (unpaired) electrons. The summed E-state index contributed by atoms with van der Waals surface area (Å²) in [5, 5.41) is 7.19. The molecule has 3 heteroatoms. The molecule has 0 bridgehead atoms. The maximum atomic E-state index is 4.28. The summed E-state index contributed by atoms with van der Waals surface area (Å²) in [6.45, 7) is 0. The number of hydrogen-bond donors (Lipinski definition) is 0. The van der Waals surface area contributed by atoms with Crippen molar-refractivity contribution >= 4 is 43.4 Å². The van der Waals surface area contributed by atoms with Crippen molar-refractivity contribution < 1.29 is 20.1 Å². The summed E-state index contributed by atoms with van der Waals surface area (Å²) < 4.78 is 0. The Balaban J connectivity index is 0.000000137. The van der Waals surface area contributed by atoms with Crippen molar-refractivity contribution in [3.63, 3.8) is 0 Å². The van der Waals surface area contributed by atoms with Gasteiger partial charge in [-0.05, 0) is 32.6 Å². The van der Waals surface area contributed by atoms with Crippen molar-refractivity contribution in [2.75, 3.05) is 0 Å². The fourth-order valence-electron chi connectivity index (χ4n) is 3.52. The number of nitrogens with zero attached hydrogens (tertiary/aromatic N) is 2. The quantitative estimate of drug-likeness (QED) is 0.163. The Morgan fingerprint density at radius 3 is 1.34 bits per heavy atom. The van der Waals surface area contributed by atoms with E-state index < -0.39 is 0 Å². The number of fused-ring (bicyclic) bond motifs is 6. The number of pyridine rings is 2. The monoisotopic (exact) mass is 549 g/mol. The third-order valence-electron chi connectivity index (χ3n) is 4.89. The van der Waals surface area contributed by atoms with Crippen LogP contribution in [0, 0.1) is 12.4 Å². The third kappa shape index (κ3) is 3.75. The van der Waals surface area contributed by atoms with Crippen molar-refractivity contribution in [2.24, 2.45) is 0 Å². The van der Waals surface area contributed by atoms with Crippen LogP contribution in [0.4, 0.5) is 0 Å². The van der Waals surface area contributed by atoms with Gasteiger partial charge in [-0.2, -0.15) is 24.3 Å². The zero-order valence-corrected chi connectivity index (χ0v) is 17.9. The summed E-state index contributed by atoms with van der Waals surface area (Å²) in [6.07, 6.45) is 5.76. The van der Waals surface area contributed by atoms with Gasteiger partial charge >= 0.3 is 0 Å². The first-order valence-electron chi connectivity index (χ1n) is 9.19. The van der Waals surface area contributed by atoms with Crippen molar-refractivity contribution in [3.8, 4) is 0 Å². The molecular weight excluding hydrogens is 533 g/mol. The molecule has 2 heterocycles. The molecule has 0 aliphatic rings. The molecule has 0 fully saturated rings. The zero-order chi connectivity index (χ0) is 18.8. The predicted molar refractivity (Wildman–Crippen MR) is 116 cm³/mol. The molecule has 6 aromatic rings. The zero-order valence-electron chi connectivity index (χ0n) is 15.5. The van der Waals surface area contributed by atoms with E-state index in [1.807, 2.05) is 48.5 Å². The molecule has 0 atom stereocenters. The Bertz CT molecular complexity index is 1210. The average Bonchev–Trinajstić information content (AvgIpc) is 2.79. The molecule has 0 N–H and O–H groups in total. The van der Waals surface area contributed by atoms with Crippen LogP contribution in [-0.4, -0.2) is 9.97 Å². The van der Waals surface area contributed by atoms with Crippen molar-refractivity contribution in [1.29, 1.82) is 0 Å². The van der Waals surface area contributed by atoms with E-state index >= 15 is 0 Å². The van der Waals surface area contributed by atoms with E-state index in [2.05, 4.69) is 70.9 Å². The Labute approximate surface area is 182 Å². The van der Waals surface area contributed by atoms with E-state index in [1.165, 1.54) is 32.3 Å². The fourth-order valence-corrected chi connectivity index (χ4v) is 3.52. The molecule has 6 rings (SSSR count). The number of benzene rings is 4. The normalized spacial score (nSPS) is 10.5. The Morgan fingerprint density at radius 2 is 0.862 bits per heavy atom. The molecule has 4 aromatic carbocycles. The van der Waals surface area contributed by atoms with Crippen LogP contribution in [0.5, 0.6) is 0 Å². The smallest absolute Gasteiger partial charge is 0 e. The Morgan fingerprint density at radius 1 is 0.448 bits per heavy atom. The standard InChI is InChI=1S/2C13H8N.Ir/c2*1-2-6-12-10(4-1)7-8-11-5-3-9-14-13(11)12;/h2*1-8H;/q2*-1;. The Kier molecular flexibility index (Phi) is 5.62. The van der Waals surface area contributed by atoms with Crippen LogP contribution in [0.3, 0.4) is 0 Å². The van der Waals surface area contributed by atoms with Crippen LogP contribution >= 0.6 is 0 Å². The van der Waals surface area contributed by atoms with E-state index in [9.17, 15) is 0 Å². The van der Waals surface area contributed by atoms with Crippen LogP contribution in [-0.2, 0) is 20.1 Å². The molecule has 0 spiro atoms. The summed E-state index contributed by atoms with van der Waals surface area (Å²) in [5.41, 5.74) is 2.07. The summed E-state index contributed by atoms with van der Waals surface area (Å²) in [5.74, 6) is 0. The van der Waals surface area contributed by atoms with Crippen molar-refractivity contribution in [2.45, 2.75) is 0 Å². The van der Waals surface area contributed by atoms with Gasteiger partial charge < -0.3 is 9.97 Å². The summed E-state index contributed by atoms with van der Waals surface area (Å²) in [7, 11) is 0. The van der Waals surface area contributed by atoms with Gasteiger partial charge in [0, 0.05) is 20.1 Å². The molecule has 0 saturated heterocycles. The summed E-state index contributed by atoms with van der Waals surface area (Å²) in [6, 6.07) is 32.8. The molecule has 2 aromatic heterocycles. The van der Waals surface area contributed by atoms with Gasteiger partial charge in [-0.15, -0.1) is 10.8 Å². The molecular formula is C26H16IrN2-2. The first kappa shape index (κ1) is 19.2. The van der Waals surface area contributed by atoms with Gasteiger partial charge in [-0.1, -0.05) is 85.2 Å². The maximum Gasteiger partial charge on any atom is 0 e. The first-order valence-corrected chi connectivity index (χ1v) is 9.19. The van der Waals surface area contributed by atoms with Crippen LogP contribution in [0.15, 0.2) is 97.1 Å². The number of rotatable bonds is 0. The second kappa shape index (κ2) is 8.48. The van der Waals surface area contributed by atoms with Gasteiger partial charge in [-0.25, -0.2) is 0 Å². The summed E-state index contributed by atoms with van der Waals surface area (Å²) in [4.78, 5) is 8.57. The van der Waals surface area contributed by atoms with E-state index in [-0.39, 0.29) is 20.1 Å². The van der Waals surface area contributed by atoms with Gasteiger partial charge in [0.25, 0.3) is 0 Å². The van der Waals surface area contributed by atoms with Gasteiger partial charge in [0.1, 0.15) is 0 Å². The molecule has 0 aliphatic heterocycles. The van der Waals surface area contributed by atoms with E-state index in [1.54, 1.807) is 0 Å². The van der Waals surface area contributed by atoms with E-state index in [4.69, 9.17) is 0 Å². The minimum absolute atomic E-state index is 0. The number of hydrogen-bond acceptors (Lipinski definition) is 2. The van der Waals surface area contributed by atoms with E-state index in [0.29, 0.717) is 0 Å². The molecule has 0 unspecified atom stereocenters. The predicted octanol–water partition coefficient (Wildman–Crippen LogP) is 6.37. The molecule has 0 aliphatic carbocycles. The van der Waals surface area contributed by atoms with Gasteiger partial charge in [-0.3, -0.25) is 0 Å². The topological polar surface area (TPSA) is 25.8 Å². The first-order chi connectivity index (χ1) is 13.9. The molecule has 0 amide bonds. The third-order valence-corrected chi connectivity index (χ3v) is 4.89. The second-order valence-corrected chi connectivity index (χ2v) is 6.60. The maximum absolute atomic E-state index is 4.28. The second-order valence-electron chi connectivity index (χ2n) is 6.60. The molecule has 2 nitrogen and oxygen atoms in total. The molecule has 29 heavy (non-hydrogen) atoms. The van der Waals surface area contributed by atoms with Gasteiger partial charge in [0.05, 0.1) is 0 Å². The molecule has 141 valence electrons. The van der Waals surface area contributed by atoms with Gasteiger partial charge in [0.2, 0.25) is 0 Å². The fraction of sp³-hybridized carbons (Fsp3) is 0. The van der Waals surface area contributed by atoms with Gasteiger partial charge in [0.15, 0.2) is 0 Å². The summed E-state index contributed by atoms with van der Waals surface area (Å²) >= 11 is 0. The van der Waals surface area contributed by atoms with Crippen molar-refractivity contribution in [1.82, 2.24) is 9.97 Å². The number of aromatic nitrogens is 2. The van der Waals surface area contributed by atoms with Crippen LogP contribution in [0.1, 0.15) is 0 Å². The van der Waals surface area contributed by atoms with Crippen molar-refractivity contribution in [3.05, 3.63) is 109 Å². The average molecular weight is 549 g/mol. The minimum atomic E-state index is 0. The molecule has 0 saturated carbocycles. The largest absolute Gasteiger partial charge is 0.386 e. The van der Waals surface area contributed by atoms with Crippen LogP contribution in [0.2, 0.25) is 0 Å². The Hall–Kier alpha value is -3.13. The van der Waals surface area contributed by atoms with Crippen LogP contribution < -0.4 is 0 Å². The SMILES string of the molecule is [Ir].[c-]1ccc2ccc3ccccc3c2n1.[c-]1ccc2ccc3ccccc3c2n1.